The minimum absolute atomic E-state index is 0.255. The zero-order valence-electron chi connectivity index (χ0n) is 10.5. The third-order valence-electron chi connectivity index (χ3n) is 2.92. The van der Waals surface area contributed by atoms with Gasteiger partial charge in [0.25, 0.3) is 0 Å². The maximum absolute atomic E-state index is 8.84. The molecule has 0 amide bonds. The summed E-state index contributed by atoms with van der Waals surface area (Å²) in [5.41, 5.74) is 2.75. The molecule has 0 heterocycles. The molecule has 0 saturated carbocycles. The number of hydrogen-bond acceptors (Lipinski definition) is 2. The van der Waals surface area contributed by atoms with Gasteiger partial charge < -0.3 is 10.4 Å². The molecule has 0 bridgehead atoms. The summed E-state index contributed by atoms with van der Waals surface area (Å²) in [5, 5.41) is 12.3. The Balaban J connectivity index is 2.45. The van der Waals surface area contributed by atoms with Gasteiger partial charge >= 0.3 is 0 Å². The quantitative estimate of drug-likeness (QED) is 0.772. The number of hydrogen-bond donors (Lipinski definition) is 2. The Morgan fingerprint density at radius 3 is 2.50 bits per heavy atom. The Kier molecular flexibility index (Phi) is 5.50. The van der Waals surface area contributed by atoms with Crippen LogP contribution in [0.1, 0.15) is 31.4 Å². The summed E-state index contributed by atoms with van der Waals surface area (Å²) < 4.78 is 0. The number of aliphatic hydroxyl groups is 1. The largest absolute Gasteiger partial charge is 0.396 e. The van der Waals surface area contributed by atoms with Crippen molar-refractivity contribution in [2.75, 3.05) is 6.61 Å². The second-order valence-corrected chi connectivity index (χ2v) is 4.61. The lowest BCUT2D eigenvalue weighted by molar-refractivity contribution is 0.264. The maximum Gasteiger partial charge on any atom is 0.0445 e. The molecule has 0 aliphatic heterocycles. The van der Waals surface area contributed by atoms with E-state index in [4.69, 9.17) is 5.11 Å². The number of aryl methyl sites for hydroxylation is 1. The molecule has 0 aliphatic rings. The Morgan fingerprint density at radius 1 is 1.19 bits per heavy atom. The average molecular weight is 221 g/mol. The van der Waals surface area contributed by atoms with Gasteiger partial charge in [-0.2, -0.15) is 0 Å². The smallest absolute Gasteiger partial charge is 0.0445 e. The molecule has 16 heavy (non-hydrogen) atoms. The zero-order chi connectivity index (χ0) is 12.0. The van der Waals surface area contributed by atoms with E-state index >= 15 is 0 Å². The predicted octanol–water partition coefficient (Wildman–Crippen LogP) is 2.29. The first-order chi connectivity index (χ1) is 7.63. The van der Waals surface area contributed by atoms with Crippen molar-refractivity contribution in [2.45, 2.75) is 45.7 Å². The van der Waals surface area contributed by atoms with Gasteiger partial charge in [-0.3, -0.25) is 0 Å². The first-order valence-corrected chi connectivity index (χ1v) is 6.05. The van der Waals surface area contributed by atoms with Crippen molar-refractivity contribution in [3.8, 4) is 0 Å². The zero-order valence-corrected chi connectivity index (χ0v) is 10.5. The fourth-order valence-corrected chi connectivity index (χ4v) is 1.99. The highest BCUT2D eigenvalue weighted by Gasteiger charge is 2.08. The van der Waals surface area contributed by atoms with Gasteiger partial charge in [-0.25, -0.2) is 0 Å². The Labute approximate surface area is 98.7 Å². The summed E-state index contributed by atoms with van der Waals surface area (Å²) in [6.07, 6.45) is 1.86. The fourth-order valence-electron chi connectivity index (χ4n) is 1.99. The van der Waals surface area contributed by atoms with E-state index < -0.39 is 0 Å². The summed E-state index contributed by atoms with van der Waals surface area (Å²) in [7, 11) is 0. The molecule has 1 aromatic carbocycles. The lowest BCUT2D eigenvalue weighted by atomic mass is 10.0. The molecule has 1 rings (SSSR count). The molecule has 2 N–H and O–H groups in total. The lowest BCUT2D eigenvalue weighted by Crippen LogP contribution is -2.36. The Bertz CT molecular complexity index is 311. The second kappa shape index (κ2) is 6.66. The van der Waals surface area contributed by atoms with E-state index in [1.807, 2.05) is 0 Å². The molecule has 0 fully saturated rings. The van der Waals surface area contributed by atoms with Crippen LogP contribution in [0.15, 0.2) is 24.3 Å². The minimum atomic E-state index is 0.255. The van der Waals surface area contributed by atoms with Gasteiger partial charge in [0.1, 0.15) is 0 Å². The van der Waals surface area contributed by atoms with Crippen LogP contribution in [0.4, 0.5) is 0 Å². The van der Waals surface area contributed by atoms with Crippen LogP contribution in [0.2, 0.25) is 0 Å². The van der Waals surface area contributed by atoms with Crippen LogP contribution in [-0.2, 0) is 6.42 Å². The summed E-state index contributed by atoms with van der Waals surface area (Å²) in [5.74, 6) is 0. The van der Waals surface area contributed by atoms with Crippen molar-refractivity contribution in [2.24, 2.45) is 0 Å². The highest BCUT2D eigenvalue weighted by Crippen LogP contribution is 2.10. The highest BCUT2D eigenvalue weighted by molar-refractivity contribution is 5.26. The van der Waals surface area contributed by atoms with Crippen LogP contribution in [0.5, 0.6) is 0 Å². The molecule has 1 aromatic rings. The molecule has 2 atom stereocenters. The molecule has 2 heteroatoms. The third kappa shape index (κ3) is 4.33. The van der Waals surface area contributed by atoms with Crippen LogP contribution in [0, 0.1) is 6.92 Å². The van der Waals surface area contributed by atoms with E-state index in [0.717, 1.165) is 12.8 Å². The van der Waals surface area contributed by atoms with Gasteiger partial charge in [-0.15, -0.1) is 0 Å². The van der Waals surface area contributed by atoms with Gasteiger partial charge in [0.2, 0.25) is 0 Å². The SMILES string of the molecule is Cc1ccccc1CC(C)NC(C)CCO. The molecular formula is C14H23NO. The van der Waals surface area contributed by atoms with Crippen molar-refractivity contribution < 1.29 is 5.11 Å². The normalized spacial score (nSPS) is 14.8. The summed E-state index contributed by atoms with van der Waals surface area (Å²) in [6, 6.07) is 9.33. The number of aliphatic hydroxyl groups excluding tert-OH is 1. The van der Waals surface area contributed by atoms with Crippen LogP contribution in [-0.4, -0.2) is 23.8 Å². The van der Waals surface area contributed by atoms with Crippen molar-refractivity contribution in [1.82, 2.24) is 5.32 Å². The Hall–Kier alpha value is -0.860. The van der Waals surface area contributed by atoms with Crippen molar-refractivity contribution in [3.63, 3.8) is 0 Å². The van der Waals surface area contributed by atoms with E-state index in [1.165, 1.54) is 11.1 Å². The monoisotopic (exact) mass is 221 g/mol. The molecule has 0 radical (unpaired) electrons. The summed E-state index contributed by atoms with van der Waals surface area (Å²) >= 11 is 0. The van der Waals surface area contributed by atoms with Crippen LogP contribution in [0.3, 0.4) is 0 Å². The van der Waals surface area contributed by atoms with E-state index in [1.54, 1.807) is 0 Å². The topological polar surface area (TPSA) is 32.3 Å². The van der Waals surface area contributed by atoms with E-state index in [0.29, 0.717) is 12.1 Å². The Morgan fingerprint density at radius 2 is 1.88 bits per heavy atom. The van der Waals surface area contributed by atoms with E-state index in [2.05, 4.69) is 50.4 Å². The van der Waals surface area contributed by atoms with Gasteiger partial charge in [0.15, 0.2) is 0 Å². The second-order valence-electron chi connectivity index (χ2n) is 4.61. The standard InChI is InChI=1S/C14H23NO/c1-11-6-4-5-7-14(11)10-13(3)15-12(2)8-9-16/h4-7,12-13,15-16H,8-10H2,1-3H3. The van der Waals surface area contributed by atoms with Crippen molar-refractivity contribution in [3.05, 3.63) is 35.4 Å². The summed E-state index contributed by atoms with van der Waals surface area (Å²) in [6.45, 7) is 6.72. The summed E-state index contributed by atoms with van der Waals surface area (Å²) in [4.78, 5) is 0. The molecule has 0 spiro atoms. The van der Waals surface area contributed by atoms with Gasteiger partial charge in [0, 0.05) is 18.7 Å². The molecular weight excluding hydrogens is 198 g/mol. The molecule has 0 aromatic heterocycles. The van der Waals surface area contributed by atoms with E-state index in [-0.39, 0.29) is 6.61 Å². The molecule has 0 saturated heterocycles. The van der Waals surface area contributed by atoms with Crippen LogP contribution < -0.4 is 5.32 Å². The third-order valence-corrected chi connectivity index (χ3v) is 2.92. The van der Waals surface area contributed by atoms with Crippen molar-refractivity contribution >= 4 is 0 Å². The van der Waals surface area contributed by atoms with Gasteiger partial charge in [0.05, 0.1) is 0 Å². The molecule has 2 nitrogen and oxygen atoms in total. The van der Waals surface area contributed by atoms with Crippen LogP contribution >= 0.6 is 0 Å². The first kappa shape index (κ1) is 13.2. The number of benzene rings is 1. The minimum Gasteiger partial charge on any atom is -0.396 e. The maximum atomic E-state index is 8.84. The molecule has 0 aliphatic carbocycles. The number of nitrogens with one attached hydrogen (secondary N) is 1. The predicted molar refractivity (Wildman–Crippen MR) is 68.6 cm³/mol. The van der Waals surface area contributed by atoms with Crippen LogP contribution in [0.25, 0.3) is 0 Å². The first-order valence-electron chi connectivity index (χ1n) is 6.05. The average Bonchev–Trinajstić information content (AvgIpc) is 2.21. The highest BCUT2D eigenvalue weighted by atomic mass is 16.3. The van der Waals surface area contributed by atoms with E-state index in [9.17, 15) is 0 Å². The molecule has 90 valence electrons. The number of rotatable bonds is 6. The molecule has 2 unspecified atom stereocenters. The fraction of sp³-hybridized carbons (Fsp3) is 0.571. The van der Waals surface area contributed by atoms with Gasteiger partial charge in [-0.05, 0) is 44.7 Å². The van der Waals surface area contributed by atoms with Crippen molar-refractivity contribution in [1.29, 1.82) is 0 Å². The lowest BCUT2D eigenvalue weighted by Gasteiger charge is -2.20. The van der Waals surface area contributed by atoms with Gasteiger partial charge in [-0.1, -0.05) is 24.3 Å².